The highest BCUT2D eigenvalue weighted by Gasteiger charge is 2.47. The fourth-order valence-electron chi connectivity index (χ4n) is 5.19. The van der Waals surface area contributed by atoms with Gasteiger partial charge in [-0.25, -0.2) is 0 Å². The van der Waals surface area contributed by atoms with Crippen molar-refractivity contribution in [2.24, 2.45) is 5.73 Å². The number of nitrogens with two attached hydrogens (primary N) is 1. The van der Waals surface area contributed by atoms with E-state index in [1.165, 1.54) is 37.7 Å². The maximum absolute atomic E-state index is 13.3. The van der Waals surface area contributed by atoms with Crippen LogP contribution in [-0.4, -0.2) is 59.6 Å². The first kappa shape index (κ1) is 24.4. The Morgan fingerprint density at radius 2 is 1.62 bits per heavy atom. The van der Waals surface area contributed by atoms with Gasteiger partial charge in [0.25, 0.3) is 0 Å². The second-order valence-electron chi connectivity index (χ2n) is 8.69. The Morgan fingerprint density at radius 3 is 2.28 bits per heavy atom. The molecule has 1 aliphatic carbocycles. The molecule has 0 aromatic heterocycles. The first-order chi connectivity index (χ1) is 13.1. The normalized spacial score (nSPS) is 23.7. The number of rotatable bonds is 3. The zero-order chi connectivity index (χ0) is 18.7. The van der Waals surface area contributed by atoms with Crippen LogP contribution in [0.3, 0.4) is 0 Å². The molecular formula is C22H35Cl2N3O2. The predicted octanol–water partition coefficient (Wildman–Crippen LogP) is 3.39. The van der Waals surface area contributed by atoms with Crippen LogP contribution < -0.4 is 5.73 Å². The molecule has 1 spiro atoms. The van der Waals surface area contributed by atoms with E-state index in [4.69, 9.17) is 10.5 Å². The van der Waals surface area contributed by atoms with E-state index in [9.17, 15) is 4.79 Å². The summed E-state index contributed by atoms with van der Waals surface area (Å²) in [6.07, 6.45) is 7.48. The van der Waals surface area contributed by atoms with E-state index in [-0.39, 0.29) is 36.3 Å². The Balaban J connectivity index is 0.00000150. The van der Waals surface area contributed by atoms with Crippen molar-refractivity contribution in [3.63, 3.8) is 0 Å². The van der Waals surface area contributed by atoms with Crippen LogP contribution in [0.15, 0.2) is 30.3 Å². The standard InChI is InChI=1S/C22H33N3O2.2ClH/c23-22(11-15-27-16-12-22)20(26)24-13-14-25(17-19-7-3-1-4-8-19)21(18-24)9-5-2-6-10-21;;/h1,3-4,7-8H,2,5-6,9-18,23H2;2*1H. The predicted molar refractivity (Wildman–Crippen MR) is 121 cm³/mol. The van der Waals surface area contributed by atoms with Gasteiger partial charge in [0.15, 0.2) is 0 Å². The molecule has 2 N–H and O–H groups in total. The van der Waals surface area contributed by atoms with Gasteiger partial charge in [0.1, 0.15) is 0 Å². The number of carbonyl (C=O) groups excluding carboxylic acids is 1. The lowest BCUT2D eigenvalue weighted by Gasteiger charge is -2.54. The molecular weight excluding hydrogens is 409 g/mol. The average molecular weight is 444 g/mol. The van der Waals surface area contributed by atoms with E-state index < -0.39 is 5.54 Å². The molecule has 3 aliphatic rings. The quantitative estimate of drug-likeness (QED) is 0.777. The molecule has 3 fully saturated rings. The lowest BCUT2D eigenvalue weighted by molar-refractivity contribution is -0.148. The van der Waals surface area contributed by atoms with Gasteiger partial charge in [-0.15, -0.1) is 24.8 Å². The second kappa shape index (κ2) is 10.5. The van der Waals surface area contributed by atoms with Gasteiger partial charge in [0, 0.05) is 44.9 Å². The highest BCUT2D eigenvalue weighted by Crippen LogP contribution is 2.38. The minimum absolute atomic E-state index is 0. The second-order valence-corrected chi connectivity index (χ2v) is 8.69. The van der Waals surface area contributed by atoms with E-state index >= 15 is 0 Å². The maximum atomic E-state index is 13.3. The van der Waals surface area contributed by atoms with E-state index in [0.29, 0.717) is 26.1 Å². The largest absolute Gasteiger partial charge is 0.381 e. The van der Waals surface area contributed by atoms with Crippen molar-refractivity contribution in [1.82, 2.24) is 9.80 Å². The fraction of sp³-hybridized carbons (Fsp3) is 0.682. The third-order valence-electron chi connectivity index (χ3n) is 6.89. The number of nitrogens with zero attached hydrogens (tertiary/aromatic N) is 2. The molecule has 0 bridgehead atoms. The summed E-state index contributed by atoms with van der Waals surface area (Å²) in [5, 5.41) is 0. The van der Waals surface area contributed by atoms with Crippen molar-refractivity contribution in [3.8, 4) is 0 Å². The van der Waals surface area contributed by atoms with Gasteiger partial charge in [0.05, 0.1) is 5.54 Å². The van der Waals surface area contributed by atoms with Crippen LogP contribution in [0.5, 0.6) is 0 Å². The molecule has 1 saturated carbocycles. The van der Waals surface area contributed by atoms with Gasteiger partial charge in [-0.2, -0.15) is 0 Å². The van der Waals surface area contributed by atoms with Crippen LogP contribution in [0.2, 0.25) is 0 Å². The van der Waals surface area contributed by atoms with E-state index in [2.05, 4.69) is 40.1 Å². The lowest BCUT2D eigenvalue weighted by atomic mass is 9.77. The lowest BCUT2D eigenvalue weighted by Crippen LogP contribution is -2.67. The topological polar surface area (TPSA) is 58.8 Å². The zero-order valence-electron chi connectivity index (χ0n) is 17.2. The highest BCUT2D eigenvalue weighted by molar-refractivity contribution is 5.86. The fourth-order valence-corrected chi connectivity index (χ4v) is 5.19. The molecule has 1 aromatic rings. The molecule has 0 unspecified atom stereocenters. The van der Waals surface area contributed by atoms with E-state index in [0.717, 1.165) is 26.2 Å². The number of hydrogen-bond acceptors (Lipinski definition) is 4. The Morgan fingerprint density at radius 1 is 0.966 bits per heavy atom. The number of halogens is 2. The smallest absolute Gasteiger partial charge is 0.242 e. The Bertz CT molecular complexity index is 647. The summed E-state index contributed by atoms with van der Waals surface area (Å²) in [6.45, 7) is 4.73. The third kappa shape index (κ3) is 5.26. The van der Waals surface area contributed by atoms with Crippen molar-refractivity contribution in [2.45, 2.75) is 62.6 Å². The van der Waals surface area contributed by atoms with Crippen molar-refractivity contribution < 1.29 is 9.53 Å². The average Bonchev–Trinajstić information content (AvgIpc) is 2.71. The van der Waals surface area contributed by atoms with Crippen LogP contribution >= 0.6 is 24.8 Å². The number of piperazine rings is 1. The third-order valence-corrected chi connectivity index (χ3v) is 6.89. The first-order valence-corrected chi connectivity index (χ1v) is 10.6. The molecule has 5 nitrogen and oxygen atoms in total. The summed E-state index contributed by atoms with van der Waals surface area (Å²) in [4.78, 5) is 18.0. The Hall–Kier alpha value is -0.850. The number of amides is 1. The number of hydrogen-bond donors (Lipinski definition) is 1. The molecule has 2 aliphatic heterocycles. The zero-order valence-corrected chi connectivity index (χ0v) is 18.8. The highest BCUT2D eigenvalue weighted by atomic mass is 35.5. The SMILES string of the molecule is Cl.Cl.NC1(C(=O)N2CCN(Cc3ccccc3)C3(CCCCC3)C2)CCOCC1. The van der Waals surface area contributed by atoms with Crippen molar-refractivity contribution >= 4 is 30.7 Å². The minimum Gasteiger partial charge on any atom is -0.381 e. The summed E-state index contributed by atoms with van der Waals surface area (Å²) in [5.74, 6) is 0.148. The van der Waals surface area contributed by atoms with Gasteiger partial charge in [-0.1, -0.05) is 49.6 Å². The van der Waals surface area contributed by atoms with E-state index in [1.54, 1.807) is 0 Å². The Labute approximate surface area is 187 Å². The van der Waals surface area contributed by atoms with Gasteiger partial charge < -0.3 is 15.4 Å². The number of ether oxygens (including phenoxy) is 1. The molecule has 2 saturated heterocycles. The van der Waals surface area contributed by atoms with Gasteiger partial charge in [-0.05, 0) is 31.2 Å². The molecule has 2 heterocycles. The first-order valence-electron chi connectivity index (χ1n) is 10.6. The molecule has 0 radical (unpaired) electrons. The summed E-state index contributed by atoms with van der Waals surface area (Å²) >= 11 is 0. The summed E-state index contributed by atoms with van der Waals surface area (Å²) in [5.41, 5.74) is 7.28. The maximum Gasteiger partial charge on any atom is 0.242 e. The molecule has 1 amide bonds. The van der Waals surface area contributed by atoms with Crippen LogP contribution in [0.1, 0.15) is 50.5 Å². The van der Waals surface area contributed by atoms with Crippen LogP contribution in [0, 0.1) is 0 Å². The van der Waals surface area contributed by atoms with Crippen LogP contribution in [0.25, 0.3) is 0 Å². The molecule has 164 valence electrons. The number of benzene rings is 1. The molecule has 4 rings (SSSR count). The molecule has 7 heteroatoms. The van der Waals surface area contributed by atoms with Gasteiger partial charge in [0.2, 0.25) is 5.91 Å². The van der Waals surface area contributed by atoms with Gasteiger partial charge >= 0.3 is 0 Å². The van der Waals surface area contributed by atoms with Crippen LogP contribution in [0.4, 0.5) is 0 Å². The molecule has 0 atom stereocenters. The summed E-state index contributed by atoms with van der Waals surface area (Å²) in [6, 6.07) is 10.7. The van der Waals surface area contributed by atoms with Crippen molar-refractivity contribution in [3.05, 3.63) is 35.9 Å². The van der Waals surface area contributed by atoms with Crippen molar-refractivity contribution in [1.29, 1.82) is 0 Å². The Kier molecular flexibility index (Phi) is 8.80. The van der Waals surface area contributed by atoms with E-state index in [1.807, 2.05) is 0 Å². The summed E-state index contributed by atoms with van der Waals surface area (Å²) < 4.78 is 5.44. The molecule has 29 heavy (non-hydrogen) atoms. The van der Waals surface area contributed by atoms with Gasteiger partial charge in [-0.3, -0.25) is 9.69 Å². The monoisotopic (exact) mass is 443 g/mol. The summed E-state index contributed by atoms with van der Waals surface area (Å²) in [7, 11) is 0. The molecule has 1 aromatic carbocycles. The minimum atomic E-state index is -0.726. The van der Waals surface area contributed by atoms with Crippen LogP contribution in [-0.2, 0) is 16.1 Å². The number of carbonyl (C=O) groups is 1. The van der Waals surface area contributed by atoms with Crippen molar-refractivity contribution in [2.75, 3.05) is 32.8 Å².